The summed E-state index contributed by atoms with van der Waals surface area (Å²) in [6, 6.07) is 6.31. The van der Waals surface area contributed by atoms with E-state index in [1.165, 1.54) is 0 Å². The molecule has 96 valence electrons. The van der Waals surface area contributed by atoms with Crippen molar-refractivity contribution >= 4 is 5.97 Å². The maximum absolute atomic E-state index is 9.65. The van der Waals surface area contributed by atoms with Gasteiger partial charge in [-0.3, -0.25) is 4.79 Å². The zero-order valence-corrected chi connectivity index (χ0v) is 10.00. The van der Waals surface area contributed by atoms with Gasteiger partial charge in [-0.05, 0) is 17.5 Å². The summed E-state index contributed by atoms with van der Waals surface area (Å²) in [4.78, 5) is 9.65. The van der Waals surface area contributed by atoms with E-state index in [1.54, 1.807) is 6.07 Å². The highest BCUT2D eigenvalue weighted by atomic mass is 16.4. The van der Waals surface area contributed by atoms with Crippen LogP contribution in [0.5, 0.6) is 5.75 Å². The highest BCUT2D eigenvalue weighted by Crippen LogP contribution is 2.23. The zero-order valence-electron chi connectivity index (χ0n) is 10.00. The molecule has 0 aliphatic rings. The fourth-order valence-corrected chi connectivity index (χ4v) is 1.05. The predicted molar refractivity (Wildman–Crippen MR) is 64.9 cm³/mol. The summed E-state index contributed by atoms with van der Waals surface area (Å²) in [5.74, 6) is -0.374. The second-order valence-electron chi connectivity index (χ2n) is 3.84. The summed E-state index contributed by atoms with van der Waals surface area (Å²) in [7, 11) is 0. The number of hydrogen-bond acceptors (Lipinski definition) is 4. The van der Waals surface area contributed by atoms with Crippen LogP contribution < -0.4 is 5.73 Å². The number of aliphatic hydroxyl groups excluding tert-OH is 1. The summed E-state index contributed by atoms with van der Waals surface area (Å²) < 4.78 is 0. The molecule has 17 heavy (non-hydrogen) atoms. The number of aromatic hydroxyl groups is 1. The van der Waals surface area contributed by atoms with Gasteiger partial charge in [0.25, 0.3) is 0 Å². The van der Waals surface area contributed by atoms with Gasteiger partial charge in [0.05, 0.1) is 6.61 Å². The number of nitrogens with two attached hydrogens (primary N) is 1. The Morgan fingerprint density at radius 2 is 1.88 bits per heavy atom. The van der Waals surface area contributed by atoms with Crippen LogP contribution >= 0.6 is 0 Å². The number of aliphatic hydroxyl groups is 1. The summed E-state index contributed by atoms with van der Waals surface area (Å²) in [5.41, 5.74) is 5.78. The highest BCUT2D eigenvalue weighted by Gasteiger charge is 2.07. The van der Waals surface area contributed by atoms with E-state index in [9.17, 15) is 9.90 Å². The normalized spacial score (nSPS) is 11.6. The average molecular weight is 241 g/mol. The van der Waals surface area contributed by atoms with Gasteiger partial charge in [0.2, 0.25) is 0 Å². The Kier molecular flexibility index (Phi) is 6.93. The number of phenols is 1. The van der Waals surface area contributed by atoms with Crippen molar-refractivity contribution in [3.05, 3.63) is 29.8 Å². The topological polar surface area (TPSA) is 104 Å². The van der Waals surface area contributed by atoms with Gasteiger partial charge < -0.3 is 21.1 Å². The summed E-state index contributed by atoms with van der Waals surface area (Å²) >= 11 is 0. The van der Waals surface area contributed by atoms with E-state index in [-0.39, 0.29) is 0 Å². The fourth-order valence-electron chi connectivity index (χ4n) is 1.05. The molecule has 0 amide bonds. The lowest BCUT2D eigenvalue weighted by Gasteiger charge is -2.05. The number of carboxylic acid groups (broad SMARTS) is 1. The first kappa shape index (κ1) is 15.4. The van der Waals surface area contributed by atoms with Crippen molar-refractivity contribution in [2.24, 2.45) is 5.73 Å². The molecule has 0 radical (unpaired) electrons. The third kappa shape index (κ3) is 5.89. The van der Waals surface area contributed by atoms with Crippen LogP contribution in [0, 0.1) is 0 Å². The molecule has 5 heteroatoms. The van der Waals surface area contributed by atoms with E-state index in [4.69, 9.17) is 15.9 Å². The van der Waals surface area contributed by atoms with Crippen LogP contribution in [0.15, 0.2) is 24.3 Å². The maximum atomic E-state index is 9.65. The standard InChI is InChI=1S/C9H12O.C3H7NO3/c1-7(2)8-5-3-4-6-9(8)10;4-2(1-5)3(6)7/h3-7,10H,1-2H3;2,5H,1,4H2,(H,6,7). The van der Waals surface area contributed by atoms with Crippen LogP contribution in [-0.4, -0.2) is 33.9 Å². The van der Waals surface area contributed by atoms with E-state index in [2.05, 4.69) is 13.8 Å². The number of aliphatic carboxylic acids is 1. The second-order valence-corrected chi connectivity index (χ2v) is 3.84. The lowest BCUT2D eigenvalue weighted by atomic mass is 10.0. The molecule has 1 aromatic carbocycles. The van der Waals surface area contributed by atoms with Gasteiger partial charge in [0.15, 0.2) is 0 Å². The number of carbonyl (C=O) groups is 1. The van der Waals surface area contributed by atoms with E-state index in [1.807, 2.05) is 18.2 Å². The van der Waals surface area contributed by atoms with Gasteiger partial charge >= 0.3 is 5.97 Å². The number of phenolic OH excluding ortho intramolecular Hbond substituents is 1. The highest BCUT2D eigenvalue weighted by molar-refractivity contribution is 5.73. The Labute approximate surface area is 101 Å². The first-order valence-electron chi connectivity index (χ1n) is 5.27. The number of benzene rings is 1. The van der Waals surface area contributed by atoms with Crippen molar-refractivity contribution in [1.29, 1.82) is 0 Å². The molecule has 0 fully saturated rings. The molecule has 0 aromatic heterocycles. The van der Waals surface area contributed by atoms with Crippen molar-refractivity contribution in [2.45, 2.75) is 25.8 Å². The quantitative estimate of drug-likeness (QED) is 0.629. The molecule has 1 unspecified atom stereocenters. The molecule has 0 saturated carbocycles. The van der Waals surface area contributed by atoms with Crippen LogP contribution in [0.3, 0.4) is 0 Å². The molecule has 0 saturated heterocycles. The fraction of sp³-hybridized carbons (Fsp3) is 0.417. The molecule has 0 aliphatic heterocycles. The van der Waals surface area contributed by atoms with Crippen LogP contribution in [0.2, 0.25) is 0 Å². The summed E-state index contributed by atoms with van der Waals surface area (Å²) in [6.07, 6.45) is 0. The van der Waals surface area contributed by atoms with Crippen LogP contribution in [0.4, 0.5) is 0 Å². The van der Waals surface area contributed by atoms with Crippen molar-refractivity contribution in [3.8, 4) is 5.75 Å². The van der Waals surface area contributed by atoms with Crippen molar-refractivity contribution in [3.63, 3.8) is 0 Å². The average Bonchev–Trinajstić information content (AvgIpc) is 2.28. The van der Waals surface area contributed by atoms with Crippen molar-refractivity contribution < 1.29 is 20.1 Å². The minimum Gasteiger partial charge on any atom is -0.508 e. The molecule has 0 heterocycles. The Morgan fingerprint density at radius 3 is 2.12 bits per heavy atom. The van der Waals surface area contributed by atoms with E-state index in [0.717, 1.165) is 5.56 Å². The molecular weight excluding hydrogens is 222 g/mol. The van der Waals surface area contributed by atoms with Gasteiger partial charge in [-0.1, -0.05) is 32.0 Å². The molecular formula is C12H19NO4. The zero-order chi connectivity index (χ0) is 13.4. The van der Waals surface area contributed by atoms with Crippen molar-refractivity contribution in [1.82, 2.24) is 0 Å². The van der Waals surface area contributed by atoms with Crippen molar-refractivity contribution in [2.75, 3.05) is 6.61 Å². The van der Waals surface area contributed by atoms with Gasteiger partial charge in [-0.15, -0.1) is 0 Å². The van der Waals surface area contributed by atoms with Gasteiger partial charge in [-0.2, -0.15) is 0 Å². The molecule has 0 spiro atoms. The Morgan fingerprint density at radius 1 is 1.35 bits per heavy atom. The van der Waals surface area contributed by atoms with E-state index >= 15 is 0 Å². The number of carboxylic acids is 1. The monoisotopic (exact) mass is 241 g/mol. The maximum Gasteiger partial charge on any atom is 0.322 e. The molecule has 1 atom stereocenters. The van der Waals surface area contributed by atoms with Crippen LogP contribution in [0.25, 0.3) is 0 Å². The third-order valence-electron chi connectivity index (χ3n) is 2.07. The molecule has 1 rings (SSSR count). The predicted octanol–water partition coefficient (Wildman–Crippen LogP) is 0.906. The first-order valence-corrected chi connectivity index (χ1v) is 5.27. The number of rotatable bonds is 3. The van der Waals surface area contributed by atoms with Gasteiger partial charge in [0.1, 0.15) is 11.8 Å². The molecule has 0 aliphatic carbocycles. The van der Waals surface area contributed by atoms with E-state index in [0.29, 0.717) is 11.7 Å². The lowest BCUT2D eigenvalue weighted by molar-refractivity contribution is -0.139. The Balaban J connectivity index is 0.000000325. The smallest absolute Gasteiger partial charge is 0.322 e. The summed E-state index contributed by atoms with van der Waals surface area (Å²) in [6.45, 7) is 3.62. The number of hydrogen-bond donors (Lipinski definition) is 4. The second kappa shape index (κ2) is 7.65. The van der Waals surface area contributed by atoms with Crippen LogP contribution in [0.1, 0.15) is 25.3 Å². The van der Waals surface area contributed by atoms with Crippen LogP contribution in [-0.2, 0) is 4.79 Å². The lowest BCUT2D eigenvalue weighted by Crippen LogP contribution is -2.33. The largest absolute Gasteiger partial charge is 0.508 e. The Bertz CT molecular complexity index is 352. The molecule has 1 aromatic rings. The molecule has 0 bridgehead atoms. The molecule has 5 nitrogen and oxygen atoms in total. The summed E-state index contributed by atoms with van der Waals surface area (Å²) in [5, 5.41) is 25.2. The van der Waals surface area contributed by atoms with E-state index < -0.39 is 18.6 Å². The Hall–Kier alpha value is -1.59. The third-order valence-corrected chi connectivity index (χ3v) is 2.07. The van der Waals surface area contributed by atoms with Gasteiger partial charge in [0, 0.05) is 0 Å². The minimum atomic E-state index is -1.18. The van der Waals surface area contributed by atoms with Gasteiger partial charge in [-0.25, -0.2) is 0 Å². The number of para-hydroxylation sites is 1. The first-order chi connectivity index (χ1) is 7.90. The minimum absolute atomic E-state index is 0.400. The SMILES string of the molecule is CC(C)c1ccccc1O.NC(CO)C(=O)O. The molecule has 5 N–H and O–H groups in total.